The lowest BCUT2D eigenvalue weighted by molar-refractivity contribution is -0.138. The van der Waals surface area contributed by atoms with Gasteiger partial charge >= 0.3 is 5.97 Å². The van der Waals surface area contributed by atoms with E-state index in [4.69, 9.17) is 5.11 Å². The van der Waals surface area contributed by atoms with Gasteiger partial charge in [-0.1, -0.05) is 13.8 Å². The van der Waals surface area contributed by atoms with Gasteiger partial charge in [-0.05, 0) is 12.5 Å². The minimum Gasteiger partial charge on any atom is -0.481 e. The monoisotopic (exact) mass is 196 g/mol. The zero-order valence-corrected chi connectivity index (χ0v) is 9.03. The van der Waals surface area contributed by atoms with Crippen molar-refractivity contribution < 1.29 is 9.90 Å². The summed E-state index contributed by atoms with van der Waals surface area (Å²) in [4.78, 5) is 10.7. The lowest BCUT2D eigenvalue weighted by atomic mass is 9.82. The normalized spacial score (nSPS) is 11.7. The van der Waals surface area contributed by atoms with Crippen molar-refractivity contribution in [1.29, 1.82) is 0 Å². The zero-order chi connectivity index (χ0) is 10.9. The Morgan fingerprint density at radius 3 is 2.57 bits per heavy atom. The molecular formula is C10H16N2O2. The van der Waals surface area contributed by atoms with Crippen LogP contribution in [0.2, 0.25) is 0 Å². The summed E-state index contributed by atoms with van der Waals surface area (Å²) in [5.74, 6) is -0.779. The largest absolute Gasteiger partial charge is 0.481 e. The van der Waals surface area contributed by atoms with Gasteiger partial charge in [0.05, 0.1) is 12.1 Å². The van der Waals surface area contributed by atoms with Gasteiger partial charge in [0.2, 0.25) is 0 Å². The summed E-state index contributed by atoms with van der Waals surface area (Å²) >= 11 is 0. The predicted molar refractivity (Wildman–Crippen MR) is 53.2 cm³/mol. The number of carboxylic acids is 1. The molecule has 0 radical (unpaired) electrons. The molecule has 0 aliphatic heterocycles. The van der Waals surface area contributed by atoms with Crippen LogP contribution in [0.1, 0.15) is 31.5 Å². The Morgan fingerprint density at radius 2 is 2.21 bits per heavy atom. The Labute approximate surface area is 83.5 Å². The van der Waals surface area contributed by atoms with Gasteiger partial charge < -0.3 is 5.11 Å². The van der Waals surface area contributed by atoms with Crippen molar-refractivity contribution in [3.05, 3.63) is 17.5 Å². The summed E-state index contributed by atoms with van der Waals surface area (Å²) in [5, 5.41) is 13.0. The molecule has 0 saturated heterocycles. The fraction of sp³-hybridized carbons (Fsp3) is 0.600. The number of carbonyl (C=O) groups is 1. The summed E-state index contributed by atoms with van der Waals surface area (Å²) in [7, 11) is 1.84. The number of aryl methyl sites for hydroxylation is 2. The van der Waals surface area contributed by atoms with Gasteiger partial charge in [-0.15, -0.1) is 0 Å². The maximum absolute atomic E-state index is 10.7. The molecule has 0 saturated carbocycles. The number of nitrogens with zero attached hydrogens (tertiary/aromatic N) is 2. The van der Waals surface area contributed by atoms with E-state index in [9.17, 15) is 4.79 Å². The van der Waals surface area contributed by atoms with Gasteiger partial charge in [0.1, 0.15) is 0 Å². The number of aliphatic carboxylic acids is 1. The molecular weight excluding hydrogens is 180 g/mol. The van der Waals surface area contributed by atoms with Crippen molar-refractivity contribution in [2.24, 2.45) is 7.05 Å². The van der Waals surface area contributed by atoms with Gasteiger partial charge in [0, 0.05) is 18.7 Å². The molecule has 0 aliphatic carbocycles. The van der Waals surface area contributed by atoms with Crippen molar-refractivity contribution >= 4 is 5.97 Å². The third-order valence-electron chi connectivity index (χ3n) is 2.34. The molecule has 0 aromatic carbocycles. The smallest absolute Gasteiger partial charge is 0.304 e. The summed E-state index contributed by atoms with van der Waals surface area (Å²) < 4.78 is 1.72. The molecule has 1 aromatic heterocycles. The molecule has 0 bridgehead atoms. The summed E-state index contributed by atoms with van der Waals surface area (Å²) in [6.45, 7) is 5.75. The Bertz CT molecular complexity index is 353. The maximum atomic E-state index is 10.7. The average Bonchev–Trinajstić information content (AvgIpc) is 2.27. The summed E-state index contributed by atoms with van der Waals surface area (Å²) in [6, 6.07) is 0. The highest BCUT2D eigenvalue weighted by molar-refractivity contribution is 5.68. The Balaban J connectivity index is 3.02. The highest BCUT2D eigenvalue weighted by Crippen LogP contribution is 2.28. The molecule has 0 atom stereocenters. The molecule has 1 heterocycles. The lowest BCUT2D eigenvalue weighted by Crippen LogP contribution is -2.22. The first-order valence-electron chi connectivity index (χ1n) is 4.55. The van der Waals surface area contributed by atoms with Crippen LogP contribution in [0.15, 0.2) is 6.20 Å². The highest BCUT2D eigenvalue weighted by atomic mass is 16.4. The molecule has 0 aliphatic rings. The number of rotatable bonds is 3. The third-order valence-corrected chi connectivity index (χ3v) is 2.34. The van der Waals surface area contributed by atoms with E-state index in [1.807, 2.05) is 34.0 Å². The van der Waals surface area contributed by atoms with Crippen LogP contribution in [0.25, 0.3) is 0 Å². The summed E-state index contributed by atoms with van der Waals surface area (Å²) in [6.07, 6.45) is 2.01. The highest BCUT2D eigenvalue weighted by Gasteiger charge is 2.27. The molecule has 14 heavy (non-hydrogen) atoms. The number of hydrogen-bond acceptors (Lipinski definition) is 2. The second kappa shape index (κ2) is 3.44. The van der Waals surface area contributed by atoms with Crippen LogP contribution in [0.3, 0.4) is 0 Å². The molecule has 0 spiro atoms. The molecule has 1 aromatic rings. The Hall–Kier alpha value is -1.32. The van der Waals surface area contributed by atoms with Gasteiger partial charge in [0.15, 0.2) is 0 Å². The quantitative estimate of drug-likeness (QED) is 0.796. The van der Waals surface area contributed by atoms with Gasteiger partial charge in [-0.25, -0.2) is 0 Å². The molecule has 0 fully saturated rings. The molecule has 0 unspecified atom stereocenters. The minimum atomic E-state index is -0.779. The van der Waals surface area contributed by atoms with E-state index in [0.29, 0.717) is 0 Å². The van der Waals surface area contributed by atoms with Crippen LogP contribution in [0.5, 0.6) is 0 Å². The van der Waals surface area contributed by atoms with Crippen LogP contribution in [0, 0.1) is 6.92 Å². The van der Waals surface area contributed by atoms with E-state index >= 15 is 0 Å². The molecule has 4 heteroatoms. The van der Waals surface area contributed by atoms with Crippen molar-refractivity contribution in [2.75, 3.05) is 0 Å². The standard InChI is InChI=1S/C10H16N2O2/c1-7-8(6-12(4)11-7)10(2,3)5-9(13)14/h6H,5H2,1-4H3,(H,13,14). The van der Waals surface area contributed by atoms with Gasteiger partial charge in [-0.2, -0.15) is 5.10 Å². The molecule has 4 nitrogen and oxygen atoms in total. The van der Waals surface area contributed by atoms with E-state index in [2.05, 4.69) is 5.10 Å². The Morgan fingerprint density at radius 1 is 1.64 bits per heavy atom. The predicted octanol–water partition coefficient (Wildman–Crippen LogP) is 1.48. The number of hydrogen-bond donors (Lipinski definition) is 1. The second-order valence-electron chi connectivity index (χ2n) is 4.26. The van der Waals surface area contributed by atoms with Crippen molar-refractivity contribution in [1.82, 2.24) is 9.78 Å². The first kappa shape index (κ1) is 10.8. The number of carboxylic acid groups (broad SMARTS) is 1. The average molecular weight is 196 g/mol. The van der Waals surface area contributed by atoms with Gasteiger partial charge in [-0.3, -0.25) is 9.48 Å². The zero-order valence-electron chi connectivity index (χ0n) is 9.03. The van der Waals surface area contributed by atoms with E-state index < -0.39 is 5.97 Å². The van der Waals surface area contributed by atoms with Crippen molar-refractivity contribution in [3.8, 4) is 0 Å². The van der Waals surface area contributed by atoms with Crippen LogP contribution >= 0.6 is 0 Å². The van der Waals surface area contributed by atoms with Crippen LogP contribution in [0.4, 0.5) is 0 Å². The second-order valence-corrected chi connectivity index (χ2v) is 4.26. The van der Waals surface area contributed by atoms with Crippen LogP contribution < -0.4 is 0 Å². The molecule has 0 amide bonds. The van der Waals surface area contributed by atoms with Gasteiger partial charge in [0.25, 0.3) is 0 Å². The first-order valence-corrected chi connectivity index (χ1v) is 4.55. The van der Waals surface area contributed by atoms with Crippen molar-refractivity contribution in [2.45, 2.75) is 32.6 Å². The summed E-state index contributed by atoms with van der Waals surface area (Å²) in [5.41, 5.74) is 1.55. The SMILES string of the molecule is Cc1nn(C)cc1C(C)(C)CC(=O)O. The fourth-order valence-corrected chi connectivity index (χ4v) is 1.74. The number of aromatic nitrogens is 2. The van der Waals surface area contributed by atoms with Crippen LogP contribution in [-0.2, 0) is 17.3 Å². The lowest BCUT2D eigenvalue weighted by Gasteiger charge is -2.21. The van der Waals surface area contributed by atoms with E-state index in [1.165, 1.54) is 0 Å². The minimum absolute atomic E-state index is 0.125. The maximum Gasteiger partial charge on any atom is 0.304 e. The van der Waals surface area contributed by atoms with Crippen LogP contribution in [-0.4, -0.2) is 20.9 Å². The van der Waals surface area contributed by atoms with E-state index in [1.54, 1.807) is 4.68 Å². The fourth-order valence-electron chi connectivity index (χ4n) is 1.74. The third kappa shape index (κ3) is 2.13. The molecule has 78 valence electrons. The molecule has 1 N–H and O–H groups in total. The Kier molecular flexibility index (Phi) is 2.64. The van der Waals surface area contributed by atoms with E-state index in [0.717, 1.165) is 11.3 Å². The van der Waals surface area contributed by atoms with Crippen molar-refractivity contribution in [3.63, 3.8) is 0 Å². The van der Waals surface area contributed by atoms with E-state index in [-0.39, 0.29) is 11.8 Å². The molecule has 1 rings (SSSR count). The first-order chi connectivity index (χ1) is 6.33. The topological polar surface area (TPSA) is 55.1 Å².